The number of hydrogen-bond acceptors (Lipinski definition) is 9. The lowest BCUT2D eigenvalue weighted by molar-refractivity contribution is -0.125. The zero-order valence-corrected chi connectivity index (χ0v) is 33.2. The zero-order chi connectivity index (χ0) is 39.8. The van der Waals surface area contributed by atoms with Crippen LogP contribution >= 0.6 is 39.1 Å². The van der Waals surface area contributed by atoms with Crippen LogP contribution in [-0.4, -0.2) is 59.7 Å². The molecule has 0 radical (unpaired) electrons. The summed E-state index contributed by atoms with van der Waals surface area (Å²) >= 11 is 18.3. The number of anilines is 3. The average Bonchev–Trinajstić information content (AvgIpc) is 3.53. The van der Waals surface area contributed by atoms with Gasteiger partial charge < -0.3 is 14.7 Å². The van der Waals surface area contributed by atoms with Crippen LogP contribution in [0.15, 0.2) is 111 Å². The first kappa shape index (κ1) is 37.8. The molecule has 2 aliphatic heterocycles. The van der Waals surface area contributed by atoms with Gasteiger partial charge in [-0.2, -0.15) is 10.2 Å². The summed E-state index contributed by atoms with van der Waals surface area (Å²) in [6, 6.07) is 22.0. The lowest BCUT2D eigenvalue weighted by atomic mass is 9.56. The van der Waals surface area contributed by atoms with E-state index in [4.69, 9.17) is 27.9 Å². The van der Waals surface area contributed by atoms with Crippen LogP contribution in [0.2, 0.25) is 0 Å². The summed E-state index contributed by atoms with van der Waals surface area (Å²) in [5, 5.41) is 19.3. The van der Waals surface area contributed by atoms with E-state index in [1.54, 1.807) is 30.3 Å². The quantitative estimate of drug-likeness (QED) is 0.0853. The Morgan fingerprint density at radius 2 is 1.43 bits per heavy atom. The minimum absolute atomic E-state index is 0.0573. The van der Waals surface area contributed by atoms with Gasteiger partial charge in [0.05, 0.1) is 46.2 Å². The number of allylic oxidation sites excluding steroid dienone is 2. The number of hydrogen-bond donors (Lipinski definition) is 1. The lowest BCUT2D eigenvalue weighted by Gasteiger charge is -2.50. The van der Waals surface area contributed by atoms with Gasteiger partial charge in [-0.05, 0) is 125 Å². The summed E-state index contributed by atoms with van der Waals surface area (Å²) in [7, 11) is 5.25. The maximum atomic E-state index is 14.6. The molecule has 6 atom stereocenters. The van der Waals surface area contributed by atoms with Gasteiger partial charge in [0, 0.05) is 25.7 Å². The van der Waals surface area contributed by atoms with Crippen molar-refractivity contribution in [2.75, 3.05) is 35.9 Å². The third-order valence-electron chi connectivity index (χ3n) is 11.3. The summed E-state index contributed by atoms with van der Waals surface area (Å²) < 4.78 is 19.6. The minimum atomic E-state index is -2.15. The second-order valence-electron chi connectivity index (χ2n) is 14.4. The van der Waals surface area contributed by atoms with Crippen molar-refractivity contribution in [2.24, 2.45) is 28.0 Å². The number of methoxy groups -OCH3 is 1. The van der Waals surface area contributed by atoms with Crippen LogP contribution in [0.4, 0.5) is 32.8 Å². The van der Waals surface area contributed by atoms with Gasteiger partial charge in [0.25, 0.3) is 11.8 Å². The number of phenols is 1. The van der Waals surface area contributed by atoms with E-state index >= 15 is 0 Å². The molecule has 11 nitrogen and oxygen atoms in total. The van der Waals surface area contributed by atoms with Crippen molar-refractivity contribution in [3.8, 4) is 11.5 Å². The van der Waals surface area contributed by atoms with Crippen molar-refractivity contribution in [1.82, 2.24) is 0 Å². The number of azo groups is 1. The van der Waals surface area contributed by atoms with Crippen molar-refractivity contribution in [1.29, 1.82) is 0 Å². The number of imide groups is 2. The topological polar surface area (TPSA) is 132 Å². The molecule has 1 saturated carbocycles. The number of carbonyl (C=O) groups is 4. The molecule has 2 aliphatic carbocycles. The monoisotopic (exact) mass is 859 g/mol. The fourth-order valence-electron chi connectivity index (χ4n) is 8.54. The lowest BCUT2D eigenvalue weighted by Crippen LogP contribution is -2.60. The maximum absolute atomic E-state index is 14.6. The Bertz CT molecular complexity index is 2380. The summed E-state index contributed by atoms with van der Waals surface area (Å²) in [6.07, 6.45) is 1.71. The van der Waals surface area contributed by atoms with Gasteiger partial charge in [0.15, 0.2) is 21.2 Å². The largest absolute Gasteiger partial charge is 0.503 e. The predicted molar refractivity (Wildman–Crippen MR) is 213 cm³/mol. The SMILES string of the molecule is COc1cc([C@H]2C3=CC[C@@H]4C(=O)N(c5ccc(N=Nc6ccc(N(C)C)cc6)cc5)C(=O)[C@@H]4[C@@H]3C[C@@]3(Cl)C(=O)N(c4ccc(F)cc4)C(=O)[C@@]23Cl)cc(Br)c1O. The Hall–Kier alpha value is -5.11. The van der Waals surface area contributed by atoms with E-state index in [0.29, 0.717) is 28.2 Å². The van der Waals surface area contributed by atoms with Gasteiger partial charge in [-0.1, -0.05) is 11.6 Å². The van der Waals surface area contributed by atoms with E-state index < -0.39 is 62.9 Å². The predicted octanol–water partition coefficient (Wildman–Crippen LogP) is 8.55. The summed E-state index contributed by atoms with van der Waals surface area (Å²) in [5.74, 6) is -6.96. The Morgan fingerprint density at radius 3 is 2.04 bits per heavy atom. The van der Waals surface area contributed by atoms with Crippen molar-refractivity contribution in [3.05, 3.63) is 112 Å². The van der Waals surface area contributed by atoms with Crippen molar-refractivity contribution >= 4 is 91.2 Å². The molecule has 4 aromatic carbocycles. The fourth-order valence-corrected chi connectivity index (χ4v) is 9.94. The molecule has 8 rings (SSSR count). The highest BCUT2D eigenvalue weighted by atomic mass is 79.9. The molecule has 0 spiro atoms. The number of ether oxygens (including phenoxy) is 1. The van der Waals surface area contributed by atoms with Crippen LogP contribution in [0.1, 0.15) is 24.3 Å². The number of halogens is 4. The number of nitrogens with zero attached hydrogens (tertiary/aromatic N) is 5. The molecule has 3 fully saturated rings. The van der Waals surface area contributed by atoms with Gasteiger partial charge in [0.2, 0.25) is 11.8 Å². The molecular weight excluding hydrogens is 828 g/mol. The number of amides is 4. The number of fused-ring (bicyclic) bond motifs is 4. The van der Waals surface area contributed by atoms with E-state index in [1.165, 1.54) is 25.3 Å². The number of phenolic OH excluding ortho intramolecular Hbond substituents is 1. The van der Waals surface area contributed by atoms with Crippen LogP contribution in [0.5, 0.6) is 11.5 Å². The minimum Gasteiger partial charge on any atom is -0.503 e. The molecule has 4 aliphatic rings. The Labute approximate surface area is 339 Å². The van der Waals surface area contributed by atoms with Gasteiger partial charge in [-0.25, -0.2) is 9.29 Å². The van der Waals surface area contributed by atoms with E-state index in [1.807, 2.05) is 49.3 Å². The van der Waals surface area contributed by atoms with E-state index in [2.05, 4.69) is 26.2 Å². The molecule has 15 heteroatoms. The molecule has 0 bridgehead atoms. The molecule has 2 heterocycles. The molecule has 4 aromatic rings. The van der Waals surface area contributed by atoms with E-state index in [-0.39, 0.29) is 34.5 Å². The van der Waals surface area contributed by atoms with Crippen LogP contribution in [-0.2, 0) is 19.2 Å². The van der Waals surface area contributed by atoms with Crippen LogP contribution < -0.4 is 19.4 Å². The van der Waals surface area contributed by atoms with Crippen molar-refractivity contribution in [2.45, 2.75) is 28.5 Å². The highest BCUT2D eigenvalue weighted by molar-refractivity contribution is 9.10. The van der Waals surface area contributed by atoms with Crippen molar-refractivity contribution < 1.29 is 33.4 Å². The number of aromatic hydroxyl groups is 1. The van der Waals surface area contributed by atoms with Gasteiger partial charge >= 0.3 is 0 Å². The first-order chi connectivity index (χ1) is 26.7. The first-order valence-corrected chi connectivity index (χ1v) is 19.2. The Kier molecular flexibility index (Phi) is 9.33. The maximum Gasteiger partial charge on any atom is 0.258 e. The summed E-state index contributed by atoms with van der Waals surface area (Å²) in [4.78, 5) is 57.5. The van der Waals surface area contributed by atoms with Crippen LogP contribution in [0.25, 0.3) is 0 Å². The third-order valence-corrected chi connectivity index (χ3v) is 13.3. The van der Waals surface area contributed by atoms with E-state index in [9.17, 15) is 28.7 Å². The molecule has 1 N–H and O–H groups in total. The highest BCUT2D eigenvalue weighted by Crippen LogP contribution is 2.66. The molecule has 0 aromatic heterocycles. The average molecular weight is 862 g/mol. The normalized spacial score (nSPS) is 27.0. The number of rotatable bonds is 7. The first-order valence-electron chi connectivity index (χ1n) is 17.6. The standard InChI is InChI=1S/C41H33BrCl2FN5O6/c1-48(2)25-12-6-23(7-13-25)46-47-24-8-14-26(15-9-24)49-36(52)29-17-16-28-30(33(29)37(49)53)20-40(43)38(54)50(27-10-4-22(45)5-11-27)39(55)41(40,44)34(28)21-18-31(42)35(51)32(19-21)56-3/h4-16,18-19,29-30,33-34,51H,17,20H2,1-3H3/t29-,30+,33-,34-,40+,41-/m0/s1. The van der Waals surface area contributed by atoms with Gasteiger partial charge in [0.1, 0.15) is 5.82 Å². The molecule has 4 amide bonds. The second-order valence-corrected chi connectivity index (χ2v) is 16.5. The highest BCUT2D eigenvalue weighted by Gasteiger charge is 2.76. The number of benzene rings is 4. The van der Waals surface area contributed by atoms with E-state index in [0.717, 1.165) is 27.6 Å². The summed E-state index contributed by atoms with van der Waals surface area (Å²) in [5.41, 5.74) is 3.51. The smallest absolute Gasteiger partial charge is 0.258 e. The molecule has 56 heavy (non-hydrogen) atoms. The van der Waals surface area contributed by atoms with Gasteiger partial charge in [-0.15, -0.1) is 23.2 Å². The zero-order valence-electron chi connectivity index (χ0n) is 30.1. The van der Waals surface area contributed by atoms with Crippen LogP contribution in [0, 0.1) is 23.6 Å². The van der Waals surface area contributed by atoms with Crippen LogP contribution in [0.3, 0.4) is 0 Å². The molecule has 2 saturated heterocycles. The number of alkyl halides is 2. The summed E-state index contributed by atoms with van der Waals surface area (Å²) in [6.45, 7) is 0. The third kappa shape index (κ3) is 5.65. The Morgan fingerprint density at radius 1 is 0.839 bits per heavy atom. The second kappa shape index (κ2) is 13.8. The molecule has 0 unspecified atom stereocenters. The molecule has 286 valence electrons. The van der Waals surface area contributed by atoms with Gasteiger partial charge in [-0.3, -0.25) is 24.1 Å². The van der Waals surface area contributed by atoms with Crippen molar-refractivity contribution in [3.63, 3.8) is 0 Å². The fraction of sp³-hybridized carbons (Fsp3) is 0.268. The molecular formula is C41H33BrCl2FN5O6. The Balaban J connectivity index is 1.17. The number of carbonyl (C=O) groups excluding carboxylic acids is 4.